The van der Waals surface area contributed by atoms with Crippen LogP contribution in [0.3, 0.4) is 0 Å². The maximum atomic E-state index is 12.1. The third kappa shape index (κ3) is 3.66. The van der Waals surface area contributed by atoms with Crippen molar-refractivity contribution in [3.8, 4) is 0 Å². The topological polar surface area (TPSA) is 43.4 Å². The number of carbonyl (C=O) groups is 1. The third-order valence-electron chi connectivity index (χ3n) is 2.58. The highest BCUT2D eigenvalue weighted by molar-refractivity contribution is 7.85. The van der Waals surface area contributed by atoms with Gasteiger partial charge in [0.1, 0.15) is 0 Å². The zero-order valence-electron chi connectivity index (χ0n) is 10.6. The first kappa shape index (κ1) is 13.9. The fraction of sp³-hybridized carbons (Fsp3) is 0.462. The quantitative estimate of drug-likeness (QED) is 0.774. The van der Waals surface area contributed by atoms with Gasteiger partial charge in [0.15, 0.2) is 0 Å². The summed E-state index contributed by atoms with van der Waals surface area (Å²) in [5.74, 6) is -0.360. The average Bonchev–Trinajstić information content (AvgIpc) is 2.27. The van der Waals surface area contributed by atoms with E-state index in [9.17, 15) is 9.00 Å². The highest BCUT2D eigenvalue weighted by atomic mass is 32.2. The fourth-order valence-corrected chi connectivity index (χ4v) is 3.05. The van der Waals surface area contributed by atoms with E-state index in [1.807, 2.05) is 32.0 Å². The van der Waals surface area contributed by atoms with Crippen LogP contribution in [-0.2, 0) is 20.3 Å². The Balaban J connectivity index is 2.80. The molecule has 0 radical (unpaired) electrons. The van der Waals surface area contributed by atoms with Crippen molar-refractivity contribution < 1.29 is 13.7 Å². The molecule has 0 aliphatic carbocycles. The van der Waals surface area contributed by atoms with Gasteiger partial charge in [0, 0.05) is 10.6 Å². The minimum absolute atomic E-state index is 0.302. The third-order valence-corrected chi connectivity index (χ3v) is 4.33. The van der Waals surface area contributed by atoms with Crippen LogP contribution in [0.25, 0.3) is 0 Å². The van der Waals surface area contributed by atoms with Gasteiger partial charge in [0.05, 0.1) is 23.8 Å². The Morgan fingerprint density at radius 1 is 1.41 bits per heavy atom. The molecule has 0 N–H and O–H groups in total. The lowest BCUT2D eigenvalue weighted by molar-refractivity contribution is -0.144. The van der Waals surface area contributed by atoms with Crippen LogP contribution in [0, 0.1) is 19.8 Å². The van der Waals surface area contributed by atoms with Crippen molar-refractivity contribution in [3.63, 3.8) is 0 Å². The lowest BCUT2D eigenvalue weighted by atomic mass is 10.2. The van der Waals surface area contributed by atoms with Crippen molar-refractivity contribution in [3.05, 3.63) is 29.3 Å². The van der Waals surface area contributed by atoms with Crippen LogP contribution >= 0.6 is 0 Å². The second kappa shape index (κ2) is 5.96. The van der Waals surface area contributed by atoms with E-state index in [4.69, 9.17) is 0 Å². The van der Waals surface area contributed by atoms with E-state index in [0.29, 0.717) is 5.75 Å². The second-order valence-electron chi connectivity index (χ2n) is 4.21. The smallest absolute Gasteiger partial charge is 0.309 e. The summed E-state index contributed by atoms with van der Waals surface area (Å²) in [6.07, 6.45) is 0. The predicted octanol–water partition coefficient (Wildman–Crippen LogP) is 2.22. The van der Waals surface area contributed by atoms with Gasteiger partial charge in [-0.05, 0) is 25.5 Å². The molecule has 1 aromatic carbocycles. The van der Waals surface area contributed by atoms with Crippen LogP contribution in [0.5, 0.6) is 0 Å². The van der Waals surface area contributed by atoms with Gasteiger partial charge in [0.25, 0.3) is 0 Å². The molecule has 0 aliphatic heterocycles. The van der Waals surface area contributed by atoms with Crippen molar-refractivity contribution in [1.29, 1.82) is 0 Å². The Labute approximate surface area is 105 Å². The zero-order valence-corrected chi connectivity index (χ0v) is 11.5. The van der Waals surface area contributed by atoms with Gasteiger partial charge in [-0.15, -0.1) is 0 Å². The van der Waals surface area contributed by atoms with E-state index >= 15 is 0 Å². The molecule has 1 aromatic rings. The Morgan fingerprint density at radius 2 is 2.06 bits per heavy atom. The average molecular weight is 254 g/mol. The molecule has 0 saturated carbocycles. The summed E-state index contributed by atoms with van der Waals surface area (Å²) < 4.78 is 16.7. The molecule has 17 heavy (non-hydrogen) atoms. The van der Waals surface area contributed by atoms with E-state index in [1.165, 1.54) is 7.11 Å². The molecule has 2 atom stereocenters. The molecule has 0 aromatic heterocycles. The number of esters is 1. The van der Waals surface area contributed by atoms with Gasteiger partial charge in [-0.25, -0.2) is 0 Å². The Morgan fingerprint density at radius 3 is 2.59 bits per heavy atom. The molecule has 94 valence electrons. The highest BCUT2D eigenvalue weighted by Crippen LogP contribution is 2.17. The van der Waals surface area contributed by atoms with Gasteiger partial charge >= 0.3 is 5.97 Å². The monoisotopic (exact) mass is 254 g/mol. The van der Waals surface area contributed by atoms with Gasteiger partial charge in [-0.1, -0.05) is 24.6 Å². The SMILES string of the molecule is COC(=O)C(C)CS(=O)c1ccc(C)cc1C. The molecule has 0 aliphatic rings. The number of ether oxygens (including phenoxy) is 1. The number of carbonyl (C=O) groups excluding carboxylic acids is 1. The van der Waals surface area contributed by atoms with Crippen LogP contribution in [0.2, 0.25) is 0 Å². The van der Waals surface area contributed by atoms with E-state index in [-0.39, 0.29) is 11.9 Å². The number of rotatable bonds is 4. The number of hydrogen-bond donors (Lipinski definition) is 0. The lowest BCUT2D eigenvalue weighted by Crippen LogP contribution is -2.19. The summed E-state index contributed by atoms with van der Waals surface area (Å²) in [5.41, 5.74) is 2.14. The van der Waals surface area contributed by atoms with Crippen LogP contribution in [0.4, 0.5) is 0 Å². The van der Waals surface area contributed by atoms with Crippen LogP contribution in [-0.4, -0.2) is 23.0 Å². The number of hydrogen-bond acceptors (Lipinski definition) is 3. The normalized spacial score (nSPS) is 14.1. The minimum Gasteiger partial charge on any atom is -0.469 e. The lowest BCUT2D eigenvalue weighted by Gasteiger charge is -2.10. The summed E-state index contributed by atoms with van der Waals surface area (Å²) in [5, 5.41) is 0. The molecule has 1 rings (SSSR count). The molecule has 0 spiro atoms. The summed E-state index contributed by atoms with van der Waals surface area (Å²) in [6.45, 7) is 5.66. The predicted molar refractivity (Wildman–Crippen MR) is 68.4 cm³/mol. The van der Waals surface area contributed by atoms with E-state index in [0.717, 1.165) is 16.0 Å². The molecular formula is C13H18O3S. The summed E-state index contributed by atoms with van der Waals surface area (Å²) in [4.78, 5) is 12.1. The van der Waals surface area contributed by atoms with E-state index in [2.05, 4.69) is 4.74 Å². The van der Waals surface area contributed by atoms with Crippen molar-refractivity contribution >= 4 is 16.8 Å². The molecule has 3 nitrogen and oxygen atoms in total. The van der Waals surface area contributed by atoms with Crippen molar-refractivity contribution in [2.75, 3.05) is 12.9 Å². The zero-order chi connectivity index (χ0) is 13.0. The highest BCUT2D eigenvalue weighted by Gasteiger charge is 2.18. The molecule has 0 saturated heterocycles. The summed E-state index contributed by atoms with van der Waals surface area (Å²) in [6, 6.07) is 5.80. The first-order valence-electron chi connectivity index (χ1n) is 5.49. The van der Waals surface area contributed by atoms with E-state index in [1.54, 1.807) is 6.92 Å². The Kier molecular flexibility index (Phi) is 4.87. The number of benzene rings is 1. The van der Waals surface area contributed by atoms with Gasteiger partial charge in [-0.2, -0.15) is 0 Å². The van der Waals surface area contributed by atoms with E-state index < -0.39 is 10.8 Å². The first-order valence-corrected chi connectivity index (χ1v) is 6.81. The van der Waals surface area contributed by atoms with Crippen LogP contribution in [0.15, 0.2) is 23.1 Å². The minimum atomic E-state index is -1.16. The first-order chi connectivity index (χ1) is 7.95. The molecule has 2 unspecified atom stereocenters. The number of methoxy groups -OCH3 is 1. The number of aryl methyl sites for hydroxylation is 2. The van der Waals surface area contributed by atoms with Crippen molar-refractivity contribution in [2.45, 2.75) is 25.7 Å². The second-order valence-corrected chi connectivity index (χ2v) is 5.67. The van der Waals surface area contributed by atoms with Crippen molar-refractivity contribution in [2.24, 2.45) is 5.92 Å². The molecule has 0 bridgehead atoms. The van der Waals surface area contributed by atoms with Crippen LogP contribution < -0.4 is 0 Å². The van der Waals surface area contributed by atoms with Crippen LogP contribution in [0.1, 0.15) is 18.1 Å². The maximum absolute atomic E-state index is 12.1. The van der Waals surface area contributed by atoms with Gasteiger partial charge in [-0.3, -0.25) is 9.00 Å². The molecule has 0 amide bonds. The summed E-state index contributed by atoms with van der Waals surface area (Å²) in [7, 11) is 0.190. The maximum Gasteiger partial charge on any atom is 0.309 e. The Bertz CT molecular complexity index is 440. The van der Waals surface area contributed by atoms with Crippen molar-refractivity contribution in [1.82, 2.24) is 0 Å². The largest absolute Gasteiger partial charge is 0.469 e. The van der Waals surface area contributed by atoms with Gasteiger partial charge < -0.3 is 4.74 Å². The molecule has 0 heterocycles. The molecular weight excluding hydrogens is 236 g/mol. The standard InChI is InChI=1S/C13H18O3S/c1-9-5-6-12(10(2)7-9)17(15)8-11(3)13(14)16-4/h5-7,11H,8H2,1-4H3. The fourth-order valence-electron chi connectivity index (χ4n) is 1.64. The molecule has 0 fully saturated rings. The summed E-state index contributed by atoms with van der Waals surface area (Å²) >= 11 is 0. The van der Waals surface area contributed by atoms with Gasteiger partial charge in [0.2, 0.25) is 0 Å². The molecule has 4 heteroatoms. The Hall–Kier alpha value is -1.16.